The van der Waals surface area contributed by atoms with E-state index >= 15 is 0 Å². The summed E-state index contributed by atoms with van der Waals surface area (Å²) in [7, 11) is 1.28. The van der Waals surface area contributed by atoms with Gasteiger partial charge in [-0.15, -0.1) is 6.58 Å². The number of hydrogen-bond acceptors (Lipinski definition) is 4. The molecule has 0 saturated carbocycles. The van der Waals surface area contributed by atoms with Gasteiger partial charge < -0.3 is 14.8 Å². The molecule has 17 heavy (non-hydrogen) atoms. The maximum Gasteiger partial charge on any atom is 0.408 e. The van der Waals surface area contributed by atoms with Crippen molar-refractivity contribution in [1.29, 1.82) is 0 Å². The first-order chi connectivity index (χ1) is 7.80. The van der Waals surface area contributed by atoms with E-state index < -0.39 is 23.7 Å². The second-order valence-electron chi connectivity index (χ2n) is 4.59. The zero-order chi connectivity index (χ0) is 13.5. The standard InChI is InChI=1S/C12H21NO4/c1-6-7-8-9(10(14)16-5)13-11(15)17-12(2,3)4/h6,9H,1,7-8H2,2-5H3,(H,13,15)/t9-/m1/s1. The second-order valence-corrected chi connectivity index (χ2v) is 4.59. The van der Waals surface area contributed by atoms with E-state index in [1.807, 2.05) is 0 Å². The Morgan fingerprint density at radius 2 is 2.00 bits per heavy atom. The van der Waals surface area contributed by atoms with Crippen molar-refractivity contribution in [2.75, 3.05) is 7.11 Å². The molecule has 5 nitrogen and oxygen atoms in total. The molecule has 0 aromatic carbocycles. The minimum atomic E-state index is -0.701. The number of ether oxygens (including phenoxy) is 2. The maximum atomic E-state index is 11.5. The summed E-state index contributed by atoms with van der Waals surface area (Å²) in [6.07, 6.45) is 2.09. The molecule has 0 aromatic rings. The SMILES string of the molecule is C=CCC[C@@H](NC(=O)OC(C)(C)C)C(=O)OC. The molecule has 0 aliphatic heterocycles. The molecule has 0 aliphatic carbocycles. The molecule has 0 radical (unpaired) electrons. The molecule has 0 unspecified atom stereocenters. The number of nitrogens with one attached hydrogen (secondary N) is 1. The number of methoxy groups -OCH3 is 1. The maximum absolute atomic E-state index is 11.5. The van der Waals surface area contributed by atoms with Crippen molar-refractivity contribution in [2.24, 2.45) is 0 Å². The van der Waals surface area contributed by atoms with Crippen LogP contribution in [0.1, 0.15) is 33.6 Å². The predicted octanol–water partition coefficient (Wildman–Crippen LogP) is 2.02. The number of alkyl carbamates (subject to hydrolysis) is 1. The molecule has 0 spiro atoms. The Morgan fingerprint density at radius 3 is 2.41 bits per heavy atom. The fourth-order valence-electron chi connectivity index (χ4n) is 1.13. The van der Waals surface area contributed by atoms with Crippen molar-refractivity contribution in [2.45, 2.75) is 45.3 Å². The zero-order valence-corrected chi connectivity index (χ0v) is 10.9. The van der Waals surface area contributed by atoms with E-state index in [1.165, 1.54) is 7.11 Å². The van der Waals surface area contributed by atoms with Crippen LogP contribution in [0.2, 0.25) is 0 Å². The molecule has 1 amide bonds. The third kappa shape index (κ3) is 7.38. The highest BCUT2D eigenvalue weighted by Gasteiger charge is 2.24. The fraction of sp³-hybridized carbons (Fsp3) is 0.667. The number of rotatable bonds is 5. The van der Waals surface area contributed by atoms with E-state index in [9.17, 15) is 9.59 Å². The van der Waals surface area contributed by atoms with Crippen LogP contribution >= 0.6 is 0 Å². The Morgan fingerprint density at radius 1 is 1.41 bits per heavy atom. The van der Waals surface area contributed by atoms with Crippen LogP contribution in [0.15, 0.2) is 12.7 Å². The molecule has 5 heteroatoms. The molecule has 1 atom stereocenters. The topological polar surface area (TPSA) is 64.6 Å². The van der Waals surface area contributed by atoms with Crippen molar-refractivity contribution in [3.63, 3.8) is 0 Å². The molecule has 0 aromatic heterocycles. The van der Waals surface area contributed by atoms with Crippen LogP contribution in [0.5, 0.6) is 0 Å². The molecular weight excluding hydrogens is 222 g/mol. The van der Waals surface area contributed by atoms with Gasteiger partial charge in [0.25, 0.3) is 0 Å². The summed E-state index contributed by atoms with van der Waals surface area (Å²) in [4.78, 5) is 22.9. The van der Waals surface area contributed by atoms with Crippen LogP contribution < -0.4 is 5.32 Å². The molecule has 0 heterocycles. The lowest BCUT2D eigenvalue weighted by molar-refractivity contribution is -0.143. The van der Waals surface area contributed by atoms with Gasteiger partial charge >= 0.3 is 12.1 Å². The fourth-order valence-corrected chi connectivity index (χ4v) is 1.13. The molecule has 1 N–H and O–H groups in total. The smallest absolute Gasteiger partial charge is 0.408 e. The molecule has 0 saturated heterocycles. The van der Waals surface area contributed by atoms with E-state index in [4.69, 9.17) is 4.74 Å². The Balaban J connectivity index is 4.37. The first-order valence-corrected chi connectivity index (χ1v) is 5.48. The van der Waals surface area contributed by atoms with Crippen LogP contribution in [0, 0.1) is 0 Å². The summed E-state index contributed by atoms with van der Waals surface area (Å²) in [5.41, 5.74) is -0.594. The number of carbonyl (C=O) groups is 2. The van der Waals surface area contributed by atoms with Gasteiger partial charge in [-0.3, -0.25) is 0 Å². The highest BCUT2D eigenvalue weighted by Crippen LogP contribution is 2.08. The van der Waals surface area contributed by atoms with Crippen LogP contribution in [0.3, 0.4) is 0 Å². The van der Waals surface area contributed by atoms with Crippen molar-refractivity contribution >= 4 is 12.1 Å². The summed E-state index contributed by atoms with van der Waals surface area (Å²) in [6, 6.07) is -0.701. The number of allylic oxidation sites excluding steroid dienone is 1. The van der Waals surface area contributed by atoms with Gasteiger partial charge in [-0.05, 0) is 33.6 Å². The average molecular weight is 243 g/mol. The van der Waals surface area contributed by atoms with Crippen molar-refractivity contribution in [1.82, 2.24) is 5.32 Å². The average Bonchev–Trinajstić information content (AvgIpc) is 2.20. The van der Waals surface area contributed by atoms with Gasteiger partial charge in [0.2, 0.25) is 0 Å². The monoisotopic (exact) mass is 243 g/mol. The Kier molecular flexibility index (Phi) is 6.31. The van der Waals surface area contributed by atoms with Crippen LogP contribution in [0.4, 0.5) is 4.79 Å². The van der Waals surface area contributed by atoms with Crippen molar-refractivity contribution in [3.8, 4) is 0 Å². The number of carbonyl (C=O) groups excluding carboxylic acids is 2. The minimum Gasteiger partial charge on any atom is -0.467 e. The first kappa shape index (κ1) is 15.5. The van der Waals surface area contributed by atoms with Gasteiger partial charge in [0.1, 0.15) is 11.6 Å². The Labute approximate surface area is 102 Å². The number of esters is 1. The highest BCUT2D eigenvalue weighted by atomic mass is 16.6. The van der Waals surface area contributed by atoms with E-state index in [0.29, 0.717) is 12.8 Å². The minimum absolute atomic E-state index is 0.440. The van der Waals surface area contributed by atoms with Gasteiger partial charge in [-0.25, -0.2) is 9.59 Å². The van der Waals surface area contributed by atoms with Gasteiger partial charge in [0.15, 0.2) is 0 Å². The second kappa shape index (κ2) is 6.93. The van der Waals surface area contributed by atoms with Crippen molar-refractivity contribution < 1.29 is 19.1 Å². The van der Waals surface area contributed by atoms with Gasteiger partial charge in [-0.2, -0.15) is 0 Å². The van der Waals surface area contributed by atoms with Crippen LogP contribution in [0.25, 0.3) is 0 Å². The molecule has 98 valence electrons. The summed E-state index contributed by atoms with van der Waals surface area (Å²) in [5, 5.41) is 2.48. The molecule has 0 rings (SSSR count). The third-order valence-electron chi connectivity index (χ3n) is 1.84. The summed E-state index contributed by atoms with van der Waals surface area (Å²) >= 11 is 0. The highest BCUT2D eigenvalue weighted by molar-refractivity contribution is 5.81. The summed E-state index contributed by atoms with van der Waals surface area (Å²) in [6.45, 7) is 8.82. The largest absolute Gasteiger partial charge is 0.467 e. The lowest BCUT2D eigenvalue weighted by atomic mass is 10.1. The van der Waals surface area contributed by atoms with E-state index in [2.05, 4.69) is 16.6 Å². The lowest BCUT2D eigenvalue weighted by Crippen LogP contribution is -2.43. The Hall–Kier alpha value is -1.52. The van der Waals surface area contributed by atoms with Gasteiger partial charge in [-0.1, -0.05) is 6.08 Å². The van der Waals surface area contributed by atoms with E-state index in [-0.39, 0.29) is 0 Å². The summed E-state index contributed by atoms with van der Waals surface area (Å²) in [5.74, 6) is -0.488. The summed E-state index contributed by atoms with van der Waals surface area (Å²) < 4.78 is 9.66. The van der Waals surface area contributed by atoms with E-state index in [1.54, 1.807) is 26.8 Å². The number of hydrogen-bond donors (Lipinski definition) is 1. The first-order valence-electron chi connectivity index (χ1n) is 5.48. The predicted molar refractivity (Wildman–Crippen MR) is 64.6 cm³/mol. The molecule has 0 fully saturated rings. The molecule has 0 bridgehead atoms. The molecular formula is C12H21NO4. The molecule has 0 aliphatic rings. The lowest BCUT2D eigenvalue weighted by Gasteiger charge is -2.22. The van der Waals surface area contributed by atoms with Gasteiger partial charge in [0, 0.05) is 0 Å². The quantitative estimate of drug-likeness (QED) is 0.592. The zero-order valence-electron chi connectivity index (χ0n) is 10.9. The Bertz CT molecular complexity index is 281. The van der Waals surface area contributed by atoms with Crippen molar-refractivity contribution in [3.05, 3.63) is 12.7 Å². The van der Waals surface area contributed by atoms with Gasteiger partial charge in [0.05, 0.1) is 7.11 Å². The van der Waals surface area contributed by atoms with E-state index in [0.717, 1.165) is 0 Å². The number of amides is 1. The van der Waals surface area contributed by atoms with Crippen LogP contribution in [-0.4, -0.2) is 30.8 Å². The van der Waals surface area contributed by atoms with Crippen LogP contribution in [-0.2, 0) is 14.3 Å². The normalized spacial score (nSPS) is 12.5. The third-order valence-corrected chi connectivity index (χ3v) is 1.84.